The van der Waals surface area contributed by atoms with Gasteiger partial charge in [0.05, 0.1) is 11.0 Å². The molecule has 0 unspecified atom stereocenters. The number of halogens is 2. The normalized spacial score (nSPS) is 8.85. The summed E-state index contributed by atoms with van der Waals surface area (Å²) in [6, 6.07) is 4.77. The van der Waals surface area contributed by atoms with Gasteiger partial charge in [-0.15, -0.1) is 5.92 Å². The summed E-state index contributed by atoms with van der Waals surface area (Å²) in [5.41, 5.74) is 0.857. The number of nitrogens with one attached hydrogen (secondary N) is 1. The number of rotatable bonds is 2. The highest BCUT2D eigenvalue weighted by Crippen LogP contribution is 2.19. The topological polar surface area (TPSA) is 12.0 Å². The molecule has 0 amide bonds. The fourth-order valence-corrected chi connectivity index (χ4v) is 1.22. The van der Waals surface area contributed by atoms with Crippen molar-refractivity contribution in [2.45, 2.75) is 6.92 Å². The summed E-state index contributed by atoms with van der Waals surface area (Å²) in [6.45, 7) is 2.36. The van der Waals surface area contributed by atoms with E-state index in [4.69, 9.17) is 0 Å². The van der Waals surface area contributed by atoms with Gasteiger partial charge in [0.2, 0.25) is 0 Å². The summed E-state index contributed by atoms with van der Waals surface area (Å²) >= 11 is 3.10. The highest BCUT2D eigenvalue weighted by atomic mass is 79.9. The van der Waals surface area contributed by atoms with Gasteiger partial charge in [0.1, 0.15) is 5.82 Å². The molecule has 3 heteroatoms. The number of hydrogen-bond donors (Lipinski definition) is 1. The predicted octanol–water partition coefficient (Wildman–Crippen LogP) is 3.02. The van der Waals surface area contributed by atoms with Gasteiger partial charge in [-0.25, -0.2) is 4.39 Å². The lowest BCUT2D eigenvalue weighted by atomic mass is 10.3. The molecule has 0 saturated carbocycles. The Labute approximate surface area is 85.5 Å². The fraction of sp³-hybridized carbons (Fsp3) is 0.200. The average molecular weight is 242 g/mol. The lowest BCUT2D eigenvalue weighted by Crippen LogP contribution is -1.98. The van der Waals surface area contributed by atoms with E-state index in [1.807, 2.05) is 0 Å². The van der Waals surface area contributed by atoms with Crippen LogP contribution >= 0.6 is 15.9 Å². The number of anilines is 1. The smallest absolute Gasteiger partial charge is 0.137 e. The van der Waals surface area contributed by atoms with Gasteiger partial charge in [-0.05, 0) is 41.1 Å². The average Bonchev–Trinajstić information content (AvgIpc) is 2.12. The summed E-state index contributed by atoms with van der Waals surface area (Å²) < 4.78 is 13.2. The molecular formula is C10H9BrFN. The van der Waals surface area contributed by atoms with Crippen LogP contribution in [0.25, 0.3) is 0 Å². The maximum Gasteiger partial charge on any atom is 0.137 e. The van der Waals surface area contributed by atoms with Crippen molar-refractivity contribution < 1.29 is 4.39 Å². The highest BCUT2D eigenvalue weighted by molar-refractivity contribution is 9.10. The van der Waals surface area contributed by atoms with Crippen molar-refractivity contribution in [2.24, 2.45) is 0 Å². The molecule has 1 rings (SSSR count). The minimum atomic E-state index is -0.257. The van der Waals surface area contributed by atoms with E-state index in [0.717, 1.165) is 5.69 Å². The van der Waals surface area contributed by atoms with Crippen LogP contribution in [0.3, 0.4) is 0 Å². The molecule has 0 atom stereocenters. The Kier molecular flexibility index (Phi) is 3.78. The first-order valence-electron chi connectivity index (χ1n) is 3.82. The quantitative estimate of drug-likeness (QED) is 0.786. The molecule has 0 aliphatic heterocycles. The molecule has 1 aromatic carbocycles. The van der Waals surface area contributed by atoms with Gasteiger partial charge in [0, 0.05) is 5.69 Å². The molecule has 0 aromatic heterocycles. The van der Waals surface area contributed by atoms with Crippen LogP contribution in [-0.2, 0) is 0 Å². The molecule has 1 N–H and O–H groups in total. The van der Waals surface area contributed by atoms with E-state index in [2.05, 4.69) is 33.1 Å². The van der Waals surface area contributed by atoms with Crippen molar-refractivity contribution in [1.82, 2.24) is 0 Å². The van der Waals surface area contributed by atoms with Crippen molar-refractivity contribution in [2.75, 3.05) is 11.9 Å². The molecule has 13 heavy (non-hydrogen) atoms. The molecular weight excluding hydrogens is 233 g/mol. The molecule has 0 bridgehead atoms. The second-order valence-corrected chi connectivity index (χ2v) is 3.26. The molecule has 68 valence electrons. The maximum absolute atomic E-state index is 12.8. The van der Waals surface area contributed by atoms with Crippen molar-refractivity contribution in [1.29, 1.82) is 0 Å². The Morgan fingerprint density at radius 3 is 2.92 bits per heavy atom. The molecule has 0 fully saturated rings. The van der Waals surface area contributed by atoms with Crippen LogP contribution < -0.4 is 5.32 Å². The van der Waals surface area contributed by atoms with E-state index in [9.17, 15) is 4.39 Å². The summed E-state index contributed by atoms with van der Waals surface area (Å²) in [7, 11) is 0. The molecule has 0 saturated heterocycles. The van der Waals surface area contributed by atoms with Crippen LogP contribution in [-0.4, -0.2) is 6.54 Å². The Hall–Kier alpha value is -1.01. The summed E-state index contributed by atoms with van der Waals surface area (Å²) in [5.74, 6) is 5.37. The van der Waals surface area contributed by atoms with Gasteiger partial charge in [0.25, 0.3) is 0 Å². The Balaban J connectivity index is 2.66. The van der Waals surface area contributed by atoms with Crippen LogP contribution in [0.4, 0.5) is 10.1 Å². The van der Waals surface area contributed by atoms with Crippen LogP contribution in [0.5, 0.6) is 0 Å². The first-order chi connectivity index (χ1) is 6.24. The highest BCUT2D eigenvalue weighted by Gasteiger charge is 1.98. The van der Waals surface area contributed by atoms with E-state index < -0.39 is 0 Å². The molecule has 0 aliphatic carbocycles. The van der Waals surface area contributed by atoms with E-state index >= 15 is 0 Å². The first-order valence-corrected chi connectivity index (χ1v) is 4.62. The third-order valence-electron chi connectivity index (χ3n) is 1.48. The third-order valence-corrected chi connectivity index (χ3v) is 2.08. The summed E-state index contributed by atoms with van der Waals surface area (Å²) in [6.07, 6.45) is 0. The van der Waals surface area contributed by atoms with Crippen LogP contribution in [0.15, 0.2) is 22.7 Å². The summed E-state index contributed by atoms with van der Waals surface area (Å²) in [4.78, 5) is 0. The second kappa shape index (κ2) is 4.88. The lowest BCUT2D eigenvalue weighted by Gasteiger charge is -2.02. The monoisotopic (exact) mass is 241 g/mol. The van der Waals surface area contributed by atoms with Gasteiger partial charge in [-0.1, -0.05) is 5.92 Å². The minimum absolute atomic E-state index is 0.257. The standard InChI is InChI=1S/C10H9BrFN/c1-2-3-6-13-8-4-5-10(12)9(11)7-8/h4-5,7,13H,6H2,1H3. The first kappa shape index (κ1) is 10.1. The van der Waals surface area contributed by atoms with Crippen LogP contribution in [0.2, 0.25) is 0 Å². The predicted molar refractivity (Wildman–Crippen MR) is 56.0 cm³/mol. The van der Waals surface area contributed by atoms with Crippen molar-refractivity contribution in [3.8, 4) is 11.8 Å². The zero-order valence-corrected chi connectivity index (χ0v) is 8.78. The van der Waals surface area contributed by atoms with Crippen molar-refractivity contribution >= 4 is 21.6 Å². The largest absolute Gasteiger partial charge is 0.374 e. The third kappa shape index (κ3) is 3.08. The van der Waals surface area contributed by atoms with Gasteiger partial charge in [-0.2, -0.15) is 0 Å². The maximum atomic E-state index is 12.8. The molecule has 0 heterocycles. The van der Waals surface area contributed by atoms with E-state index in [1.54, 1.807) is 19.1 Å². The minimum Gasteiger partial charge on any atom is -0.374 e. The van der Waals surface area contributed by atoms with Crippen molar-refractivity contribution in [3.05, 3.63) is 28.5 Å². The Morgan fingerprint density at radius 1 is 1.54 bits per heavy atom. The molecule has 0 aliphatic rings. The lowest BCUT2D eigenvalue weighted by molar-refractivity contribution is 0.621. The second-order valence-electron chi connectivity index (χ2n) is 2.41. The van der Waals surface area contributed by atoms with Gasteiger partial charge < -0.3 is 5.32 Å². The van der Waals surface area contributed by atoms with E-state index in [1.165, 1.54) is 6.07 Å². The zero-order chi connectivity index (χ0) is 9.68. The molecule has 0 spiro atoms. The molecule has 0 radical (unpaired) electrons. The molecule has 1 aromatic rings. The zero-order valence-electron chi connectivity index (χ0n) is 7.20. The number of benzene rings is 1. The van der Waals surface area contributed by atoms with Crippen LogP contribution in [0, 0.1) is 17.7 Å². The van der Waals surface area contributed by atoms with Crippen LogP contribution in [0.1, 0.15) is 6.92 Å². The van der Waals surface area contributed by atoms with Gasteiger partial charge in [-0.3, -0.25) is 0 Å². The van der Waals surface area contributed by atoms with Crippen molar-refractivity contribution in [3.63, 3.8) is 0 Å². The van der Waals surface area contributed by atoms with E-state index in [-0.39, 0.29) is 5.82 Å². The Bertz CT molecular complexity index is 352. The SMILES string of the molecule is CC#CCNc1ccc(F)c(Br)c1. The fourth-order valence-electron chi connectivity index (χ4n) is 0.841. The molecule has 1 nitrogen and oxygen atoms in total. The van der Waals surface area contributed by atoms with Gasteiger partial charge >= 0.3 is 0 Å². The van der Waals surface area contributed by atoms with Gasteiger partial charge in [0.15, 0.2) is 0 Å². The Morgan fingerprint density at radius 2 is 2.31 bits per heavy atom. The number of hydrogen-bond acceptors (Lipinski definition) is 1. The van der Waals surface area contributed by atoms with E-state index in [0.29, 0.717) is 11.0 Å². The summed E-state index contributed by atoms with van der Waals surface area (Å²) in [5, 5.41) is 3.04.